The van der Waals surface area contributed by atoms with Crippen LogP contribution >= 0.6 is 0 Å². The molecule has 0 bridgehead atoms. The summed E-state index contributed by atoms with van der Waals surface area (Å²) in [6.07, 6.45) is -0.275. The average Bonchev–Trinajstić information content (AvgIpc) is 2.77. The third kappa shape index (κ3) is 6.93. The third-order valence-electron chi connectivity index (χ3n) is 4.47. The molecule has 1 aromatic rings. The third-order valence-corrected chi connectivity index (χ3v) is 4.47. The van der Waals surface area contributed by atoms with Gasteiger partial charge in [0, 0.05) is 19.2 Å². The van der Waals surface area contributed by atoms with E-state index in [4.69, 9.17) is 9.47 Å². The summed E-state index contributed by atoms with van der Waals surface area (Å²) in [5, 5.41) is 30.8. The molecule has 0 fully saturated rings. The number of nitro benzene ring substituents is 1. The Bertz CT molecular complexity index is 1000. The summed E-state index contributed by atoms with van der Waals surface area (Å²) >= 11 is 0. The number of carbonyl (C=O) groups is 3. The lowest BCUT2D eigenvalue weighted by molar-refractivity contribution is -0.385. The molecule has 12 heteroatoms. The minimum atomic E-state index is -1.35. The van der Waals surface area contributed by atoms with Gasteiger partial charge in [0.2, 0.25) is 5.75 Å². The van der Waals surface area contributed by atoms with Gasteiger partial charge in [0.05, 0.1) is 17.4 Å². The number of hydrogen-bond donors (Lipinski definition) is 1. The van der Waals surface area contributed by atoms with E-state index in [0.29, 0.717) is 13.1 Å². The number of phenolic OH excluding ortho intramolecular Hbond substituents is 1. The van der Waals surface area contributed by atoms with Crippen LogP contribution in [-0.4, -0.2) is 59.8 Å². The van der Waals surface area contributed by atoms with E-state index in [0.717, 1.165) is 18.2 Å². The molecule has 0 spiro atoms. The second-order valence-corrected chi connectivity index (χ2v) is 7.31. The van der Waals surface area contributed by atoms with Crippen LogP contribution in [0, 0.1) is 26.9 Å². The Labute approximate surface area is 190 Å². The van der Waals surface area contributed by atoms with Gasteiger partial charge in [-0.15, -0.1) is 0 Å². The number of nitro groups is 1. The van der Waals surface area contributed by atoms with E-state index in [1.807, 2.05) is 0 Å². The molecule has 1 N–H and O–H groups in total. The van der Waals surface area contributed by atoms with Crippen LogP contribution in [0.15, 0.2) is 17.7 Å². The molecule has 0 atom stereocenters. The number of carbonyl (C=O) groups excluding carboxylic acids is 3. The summed E-state index contributed by atoms with van der Waals surface area (Å²) in [7, 11) is 1.17. The Morgan fingerprint density at radius 2 is 1.88 bits per heavy atom. The highest BCUT2D eigenvalue weighted by molar-refractivity contribution is 6.01. The van der Waals surface area contributed by atoms with Crippen molar-refractivity contribution in [2.75, 3.05) is 26.8 Å². The molecule has 0 aliphatic carbocycles. The molecule has 1 rings (SSSR count). The minimum Gasteiger partial charge on any atom is -0.499 e. The first-order valence-electron chi connectivity index (χ1n) is 9.77. The molecule has 0 saturated carbocycles. The van der Waals surface area contributed by atoms with Crippen LogP contribution in [0.25, 0.3) is 6.08 Å². The zero-order chi connectivity index (χ0) is 25.3. The van der Waals surface area contributed by atoms with E-state index in [9.17, 15) is 34.9 Å². The number of aromatic hydroxyl groups is 1. The smallest absolute Gasteiger partial charge is 0.499 e. The molecule has 1 amide bonds. The predicted octanol–water partition coefficient (Wildman–Crippen LogP) is 2.79. The fraction of sp³-hybridized carbons (Fsp3) is 0.429. The first kappa shape index (κ1) is 26.9. The van der Waals surface area contributed by atoms with Crippen molar-refractivity contribution < 1.29 is 38.6 Å². The molecule has 178 valence electrons. The molecule has 0 saturated heterocycles. The number of amides is 1. The van der Waals surface area contributed by atoms with Gasteiger partial charge < -0.3 is 24.2 Å². The summed E-state index contributed by atoms with van der Waals surface area (Å²) in [5.74, 6) is -2.84. The van der Waals surface area contributed by atoms with Crippen LogP contribution in [0.2, 0.25) is 0 Å². The lowest BCUT2D eigenvalue weighted by atomic mass is 9.95. The molecule has 0 radical (unpaired) electrons. The van der Waals surface area contributed by atoms with Crippen LogP contribution < -0.4 is 4.74 Å². The minimum absolute atomic E-state index is 0.0470. The van der Waals surface area contributed by atoms with Crippen molar-refractivity contribution in [2.24, 2.45) is 5.41 Å². The lowest BCUT2D eigenvalue weighted by Gasteiger charge is -2.20. The van der Waals surface area contributed by atoms with Gasteiger partial charge in [-0.1, -0.05) is 0 Å². The average molecular weight is 463 g/mol. The predicted molar refractivity (Wildman–Crippen MR) is 114 cm³/mol. The number of methoxy groups -OCH3 is 1. The number of ether oxygens (including phenoxy) is 3. The fourth-order valence-electron chi connectivity index (χ4n) is 2.60. The molecule has 12 nitrogen and oxygen atoms in total. The standard InChI is InChI=1S/C21H25N3O9/c1-6-23(7-2)18(26)14(11-22)8-13-9-15(24(29)30)17(25)16(10-13)33-20(28)32-12-21(3,4)19(27)31-5/h8-10,25H,6-7,12H2,1-5H3/b14-8+. The van der Waals surface area contributed by atoms with Gasteiger partial charge in [0.15, 0.2) is 5.75 Å². The molecule has 0 aromatic heterocycles. The van der Waals surface area contributed by atoms with Crippen molar-refractivity contribution in [3.05, 3.63) is 33.4 Å². The van der Waals surface area contributed by atoms with Crippen molar-refractivity contribution in [3.8, 4) is 17.6 Å². The van der Waals surface area contributed by atoms with Gasteiger partial charge in [0.25, 0.3) is 5.91 Å². The maximum Gasteiger partial charge on any atom is 0.514 e. The van der Waals surface area contributed by atoms with Gasteiger partial charge in [-0.05, 0) is 45.4 Å². The van der Waals surface area contributed by atoms with E-state index < -0.39 is 52.2 Å². The van der Waals surface area contributed by atoms with Crippen LogP contribution in [0.1, 0.15) is 33.3 Å². The second-order valence-electron chi connectivity index (χ2n) is 7.31. The number of nitrogens with zero attached hydrogens (tertiary/aromatic N) is 3. The van der Waals surface area contributed by atoms with Gasteiger partial charge >= 0.3 is 17.8 Å². The van der Waals surface area contributed by atoms with Crippen LogP contribution in [0.5, 0.6) is 11.5 Å². The van der Waals surface area contributed by atoms with Gasteiger partial charge in [0.1, 0.15) is 18.2 Å². The van der Waals surface area contributed by atoms with E-state index in [1.54, 1.807) is 19.9 Å². The fourth-order valence-corrected chi connectivity index (χ4v) is 2.60. The Morgan fingerprint density at radius 3 is 2.36 bits per heavy atom. The second kappa shape index (κ2) is 11.5. The summed E-state index contributed by atoms with van der Waals surface area (Å²) < 4.78 is 14.3. The van der Waals surface area contributed by atoms with Crippen molar-refractivity contribution >= 4 is 29.8 Å². The summed E-state index contributed by atoms with van der Waals surface area (Å²) in [5.41, 5.74) is -2.38. The molecule has 33 heavy (non-hydrogen) atoms. The van der Waals surface area contributed by atoms with Crippen LogP contribution in [0.4, 0.5) is 10.5 Å². The lowest BCUT2D eigenvalue weighted by Crippen LogP contribution is -2.32. The van der Waals surface area contributed by atoms with E-state index in [-0.39, 0.29) is 11.1 Å². The first-order valence-corrected chi connectivity index (χ1v) is 9.77. The zero-order valence-corrected chi connectivity index (χ0v) is 18.9. The highest BCUT2D eigenvalue weighted by Gasteiger charge is 2.31. The van der Waals surface area contributed by atoms with E-state index in [1.165, 1.54) is 25.9 Å². The monoisotopic (exact) mass is 463 g/mol. The van der Waals surface area contributed by atoms with Crippen LogP contribution in [0.3, 0.4) is 0 Å². The normalized spacial score (nSPS) is 11.2. The number of hydrogen-bond acceptors (Lipinski definition) is 10. The van der Waals surface area contributed by atoms with Crippen molar-refractivity contribution in [3.63, 3.8) is 0 Å². The highest BCUT2D eigenvalue weighted by atomic mass is 16.7. The van der Waals surface area contributed by atoms with Gasteiger partial charge in [-0.3, -0.25) is 19.7 Å². The topological polar surface area (TPSA) is 169 Å². The number of phenols is 1. The van der Waals surface area contributed by atoms with Gasteiger partial charge in [-0.25, -0.2) is 4.79 Å². The van der Waals surface area contributed by atoms with E-state index >= 15 is 0 Å². The Hall–Kier alpha value is -4.14. The Balaban J connectivity index is 3.29. The van der Waals surface area contributed by atoms with Crippen LogP contribution in [-0.2, 0) is 19.1 Å². The van der Waals surface area contributed by atoms with Crippen molar-refractivity contribution in [1.82, 2.24) is 4.90 Å². The number of likely N-dealkylation sites (N-methyl/N-ethyl adjacent to an activating group) is 1. The molecule has 1 aromatic carbocycles. The molecular formula is C21H25N3O9. The first-order chi connectivity index (χ1) is 15.4. The molecule has 0 unspecified atom stereocenters. The number of esters is 1. The molecule has 0 aliphatic rings. The Kier molecular flexibility index (Phi) is 9.35. The van der Waals surface area contributed by atoms with Gasteiger partial charge in [-0.2, -0.15) is 5.26 Å². The quantitative estimate of drug-likeness (QED) is 0.143. The maximum absolute atomic E-state index is 12.5. The maximum atomic E-state index is 12.5. The van der Waals surface area contributed by atoms with Crippen molar-refractivity contribution in [2.45, 2.75) is 27.7 Å². The number of rotatable bonds is 9. The molecular weight excluding hydrogens is 438 g/mol. The summed E-state index contributed by atoms with van der Waals surface area (Å²) in [4.78, 5) is 48.0. The van der Waals surface area contributed by atoms with E-state index in [2.05, 4.69) is 4.74 Å². The molecule has 0 aliphatic heterocycles. The summed E-state index contributed by atoms with van der Waals surface area (Å²) in [6.45, 7) is 6.60. The largest absolute Gasteiger partial charge is 0.514 e. The Morgan fingerprint density at radius 1 is 1.27 bits per heavy atom. The van der Waals surface area contributed by atoms with Crippen molar-refractivity contribution in [1.29, 1.82) is 5.26 Å². The number of benzene rings is 1. The zero-order valence-electron chi connectivity index (χ0n) is 18.9. The number of nitriles is 1. The SMILES string of the molecule is CCN(CC)C(=O)/C(C#N)=C/c1cc(OC(=O)OCC(C)(C)C(=O)OC)c(O)c([N+](=O)[O-])c1. The highest BCUT2D eigenvalue weighted by Crippen LogP contribution is 2.38. The summed E-state index contributed by atoms with van der Waals surface area (Å²) in [6, 6.07) is 3.68. The molecule has 0 heterocycles.